The van der Waals surface area contributed by atoms with Crippen molar-refractivity contribution in [2.24, 2.45) is 0 Å². The van der Waals surface area contributed by atoms with Gasteiger partial charge in [0, 0.05) is 11.1 Å². The molecule has 0 saturated carbocycles. The highest BCUT2D eigenvalue weighted by Gasteiger charge is 2.61. The van der Waals surface area contributed by atoms with E-state index in [1.54, 1.807) is 55.5 Å². The normalized spacial score (nSPS) is 17.3. The molecule has 3 aromatic carbocycles. The summed E-state index contributed by atoms with van der Waals surface area (Å²) in [6.45, 7) is 3.33. The lowest BCUT2D eigenvalue weighted by Crippen LogP contribution is -2.61. The van der Waals surface area contributed by atoms with Crippen molar-refractivity contribution in [1.29, 1.82) is 0 Å². The monoisotopic (exact) mass is 443 g/mol. The van der Waals surface area contributed by atoms with Crippen LogP contribution in [0.15, 0.2) is 78.9 Å². The Morgan fingerprint density at radius 2 is 1.61 bits per heavy atom. The number of benzene rings is 3. The van der Waals surface area contributed by atoms with E-state index < -0.39 is 29.4 Å². The molecule has 166 valence electrons. The van der Waals surface area contributed by atoms with Crippen LogP contribution < -0.4 is 4.90 Å². The van der Waals surface area contributed by atoms with Gasteiger partial charge < -0.3 is 9.47 Å². The number of imide groups is 1. The van der Waals surface area contributed by atoms with E-state index in [0.717, 1.165) is 10.5 Å². The second kappa shape index (κ2) is 8.70. The van der Waals surface area contributed by atoms with E-state index in [1.807, 2.05) is 13.0 Å². The van der Waals surface area contributed by atoms with Gasteiger partial charge in [0.1, 0.15) is 0 Å². The second-order valence-electron chi connectivity index (χ2n) is 7.49. The molecule has 7 heteroatoms. The van der Waals surface area contributed by atoms with Gasteiger partial charge in [-0.15, -0.1) is 0 Å². The van der Waals surface area contributed by atoms with E-state index in [4.69, 9.17) is 9.47 Å². The maximum atomic E-state index is 13.9. The zero-order chi connectivity index (χ0) is 23.6. The van der Waals surface area contributed by atoms with Crippen molar-refractivity contribution in [3.05, 3.63) is 101 Å². The van der Waals surface area contributed by atoms with Crippen LogP contribution in [0.25, 0.3) is 0 Å². The maximum Gasteiger partial charge on any atom is 0.365 e. The summed E-state index contributed by atoms with van der Waals surface area (Å²) in [6.07, 6.45) is 0. The van der Waals surface area contributed by atoms with Crippen LogP contribution in [-0.4, -0.2) is 30.4 Å². The van der Waals surface area contributed by atoms with Gasteiger partial charge in [-0.25, -0.2) is 14.5 Å². The summed E-state index contributed by atoms with van der Waals surface area (Å²) in [6, 6.07) is 20.8. The van der Waals surface area contributed by atoms with Crippen LogP contribution in [0.1, 0.15) is 38.8 Å². The Balaban J connectivity index is 1.95. The third kappa shape index (κ3) is 3.67. The summed E-state index contributed by atoms with van der Waals surface area (Å²) in [5.41, 5.74) is -1.26. The molecule has 7 nitrogen and oxygen atoms in total. The van der Waals surface area contributed by atoms with E-state index >= 15 is 0 Å². The van der Waals surface area contributed by atoms with Crippen molar-refractivity contribution in [3.8, 4) is 0 Å². The summed E-state index contributed by atoms with van der Waals surface area (Å²) in [4.78, 5) is 54.6. The van der Waals surface area contributed by atoms with Crippen LogP contribution in [0.2, 0.25) is 0 Å². The smallest absolute Gasteiger partial charge is 0.365 e. The quantitative estimate of drug-likeness (QED) is 0.339. The van der Waals surface area contributed by atoms with Gasteiger partial charge in [0.25, 0.3) is 11.8 Å². The molecule has 0 spiro atoms. The molecule has 0 N–H and O–H groups in total. The summed E-state index contributed by atoms with van der Waals surface area (Å²) in [5, 5.41) is 0. The Labute approximate surface area is 190 Å². The molecule has 0 aliphatic carbocycles. The standard InChI is InChI=1S/C26H21NO6/c1-3-32-25(31)26(33-23(29)18-11-5-4-6-12-18)21-15-8-7-14-20(21)22(28)27(24(26)30)19-13-9-10-17(2)16-19/h4-16H,3H2,1-2H3. The third-order valence-electron chi connectivity index (χ3n) is 5.32. The molecule has 1 atom stereocenters. The molecule has 3 aromatic rings. The number of carbonyl (C=O) groups is 4. The lowest BCUT2D eigenvalue weighted by molar-refractivity contribution is -0.172. The van der Waals surface area contributed by atoms with Crippen molar-refractivity contribution in [2.45, 2.75) is 19.4 Å². The predicted molar refractivity (Wildman–Crippen MR) is 120 cm³/mol. The van der Waals surface area contributed by atoms with Crippen LogP contribution in [0.4, 0.5) is 5.69 Å². The average Bonchev–Trinajstić information content (AvgIpc) is 2.82. The fourth-order valence-electron chi connectivity index (χ4n) is 3.81. The van der Waals surface area contributed by atoms with Gasteiger partial charge in [-0.1, -0.05) is 48.5 Å². The van der Waals surface area contributed by atoms with Gasteiger partial charge in [0.2, 0.25) is 0 Å². The lowest BCUT2D eigenvalue weighted by Gasteiger charge is -2.39. The van der Waals surface area contributed by atoms with Crippen LogP contribution >= 0.6 is 0 Å². The minimum Gasteiger partial charge on any atom is -0.462 e. The topological polar surface area (TPSA) is 90.0 Å². The molecule has 2 amide bonds. The SMILES string of the molecule is CCOC(=O)C1(OC(=O)c2ccccc2)C(=O)N(c2cccc(C)c2)C(=O)c2ccccc21. The maximum absolute atomic E-state index is 13.9. The molecule has 0 radical (unpaired) electrons. The molecule has 0 fully saturated rings. The number of fused-ring (bicyclic) bond motifs is 1. The van der Waals surface area contributed by atoms with Crippen molar-refractivity contribution < 1.29 is 28.7 Å². The summed E-state index contributed by atoms with van der Waals surface area (Å²) < 4.78 is 10.9. The van der Waals surface area contributed by atoms with E-state index in [1.165, 1.54) is 24.3 Å². The number of aryl methyl sites for hydroxylation is 1. The first kappa shape index (κ1) is 22.0. The molecule has 1 unspecified atom stereocenters. The first-order valence-electron chi connectivity index (χ1n) is 10.4. The minimum absolute atomic E-state index is 0.0355. The summed E-state index contributed by atoms with van der Waals surface area (Å²) >= 11 is 0. The van der Waals surface area contributed by atoms with E-state index in [-0.39, 0.29) is 29.0 Å². The Bertz CT molecular complexity index is 1250. The Morgan fingerprint density at radius 1 is 0.909 bits per heavy atom. The number of carbonyl (C=O) groups excluding carboxylic acids is 4. The molecule has 1 heterocycles. The molecule has 1 aliphatic rings. The first-order chi connectivity index (χ1) is 15.9. The zero-order valence-electron chi connectivity index (χ0n) is 18.1. The second-order valence-corrected chi connectivity index (χ2v) is 7.49. The Kier molecular flexibility index (Phi) is 5.79. The Morgan fingerprint density at radius 3 is 2.30 bits per heavy atom. The molecule has 1 aliphatic heterocycles. The number of ether oxygens (including phenoxy) is 2. The fourth-order valence-corrected chi connectivity index (χ4v) is 3.81. The first-order valence-corrected chi connectivity index (χ1v) is 10.4. The minimum atomic E-state index is -2.49. The highest BCUT2D eigenvalue weighted by molar-refractivity contribution is 6.32. The van der Waals surface area contributed by atoms with Crippen molar-refractivity contribution in [1.82, 2.24) is 0 Å². The van der Waals surface area contributed by atoms with Crippen LogP contribution in [0, 0.1) is 6.92 Å². The van der Waals surface area contributed by atoms with Crippen molar-refractivity contribution in [3.63, 3.8) is 0 Å². The largest absolute Gasteiger partial charge is 0.462 e. The van der Waals surface area contributed by atoms with E-state index in [0.29, 0.717) is 0 Å². The molecule has 0 bridgehead atoms. The molecular formula is C26H21NO6. The zero-order valence-corrected chi connectivity index (χ0v) is 18.1. The fraction of sp³-hybridized carbons (Fsp3) is 0.154. The number of rotatable bonds is 5. The Hall–Kier alpha value is -4.26. The third-order valence-corrected chi connectivity index (χ3v) is 5.32. The number of hydrogen-bond donors (Lipinski definition) is 0. The van der Waals surface area contributed by atoms with E-state index in [9.17, 15) is 19.2 Å². The predicted octanol–water partition coefficient (Wildman–Crippen LogP) is 3.80. The van der Waals surface area contributed by atoms with Gasteiger partial charge in [-0.2, -0.15) is 0 Å². The van der Waals surface area contributed by atoms with Gasteiger partial charge in [-0.05, 0) is 49.7 Å². The molecule has 0 aromatic heterocycles. The highest BCUT2D eigenvalue weighted by Crippen LogP contribution is 2.40. The van der Waals surface area contributed by atoms with Gasteiger partial charge in [0.05, 0.1) is 17.9 Å². The average molecular weight is 443 g/mol. The lowest BCUT2D eigenvalue weighted by atomic mass is 9.83. The van der Waals surface area contributed by atoms with Gasteiger partial charge in [-0.3, -0.25) is 9.59 Å². The number of amides is 2. The van der Waals surface area contributed by atoms with E-state index in [2.05, 4.69) is 0 Å². The van der Waals surface area contributed by atoms with Crippen LogP contribution in [0.5, 0.6) is 0 Å². The number of nitrogens with zero attached hydrogens (tertiary/aromatic N) is 1. The summed E-state index contributed by atoms with van der Waals surface area (Å²) in [7, 11) is 0. The van der Waals surface area contributed by atoms with Crippen molar-refractivity contribution >= 4 is 29.4 Å². The highest BCUT2D eigenvalue weighted by atomic mass is 16.6. The summed E-state index contributed by atoms with van der Waals surface area (Å²) in [5.74, 6) is -3.61. The number of anilines is 1. The molecule has 33 heavy (non-hydrogen) atoms. The molecular weight excluding hydrogens is 422 g/mol. The molecule has 0 saturated heterocycles. The van der Waals surface area contributed by atoms with Gasteiger partial charge in [0.15, 0.2) is 0 Å². The number of esters is 2. The van der Waals surface area contributed by atoms with Gasteiger partial charge >= 0.3 is 17.5 Å². The number of hydrogen-bond acceptors (Lipinski definition) is 6. The molecule has 4 rings (SSSR count). The van der Waals surface area contributed by atoms with Crippen molar-refractivity contribution in [2.75, 3.05) is 11.5 Å². The van der Waals surface area contributed by atoms with Crippen LogP contribution in [0.3, 0.4) is 0 Å². The van der Waals surface area contributed by atoms with Crippen LogP contribution in [-0.2, 0) is 24.7 Å².